The summed E-state index contributed by atoms with van der Waals surface area (Å²) >= 11 is 9.85. The van der Waals surface area contributed by atoms with Crippen LogP contribution in [0.2, 0.25) is 0 Å². The van der Waals surface area contributed by atoms with Gasteiger partial charge in [-0.15, -0.1) is 11.6 Å². The van der Waals surface area contributed by atoms with E-state index in [-0.39, 0.29) is 11.2 Å². The number of alkyl halides is 1. The Labute approximate surface area is 137 Å². The third kappa shape index (κ3) is 2.82. The van der Waals surface area contributed by atoms with E-state index in [0.29, 0.717) is 11.1 Å². The summed E-state index contributed by atoms with van der Waals surface area (Å²) < 4.78 is 19.9. The second-order valence-corrected chi connectivity index (χ2v) is 7.35. The van der Waals surface area contributed by atoms with Crippen molar-refractivity contribution >= 4 is 27.5 Å². The monoisotopic (exact) mass is 368 g/mol. The van der Waals surface area contributed by atoms with Crippen molar-refractivity contribution in [3.05, 3.63) is 63.4 Å². The summed E-state index contributed by atoms with van der Waals surface area (Å²) in [5.74, 6) is 0.614. The first-order valence-electron chi connectivity index (χ1n) is 6.74. The topological polar surface area (TPSA) is 9.23 Å². The van der Waals surface area contributed by atoms with E-state index in [1.54, 1.807) is 0 Å². The van der Waals surface area contributed by atoms with Crippen LogP contribution in [0.1, 0.15) is 35.9 Å². The largest absolute Gasteiger partial charge is 0.492 e. The summed E-state index contributed by atoms with van der Waals surface area (Å²) in [7, 11) is 0. The Morgan fingerprint density at radius 1 is 1.19 bits per heavy atom. The van der Waals surface area contributed by atoms with Gasteiger partial charge in [0.25, 0.3) is 0 Å². The number of rotatable bonds is 2. The summed E-state index contributed by atoms with van der Waals surface area (Å²) in [6.45, 7) is 4.96. The van der Waals surface area contributed by atoms with Crippen LogP contribution in [-0.2, 0) is 5.41 Å². The van der Waals surface area contributed by atoms with Gasteiger partial charge in [-0.05, 0) is 41.5 Å². The van der Waals surface area contributed by atoms with Crippen LogP contribution < -0.4 is 4.74 Å². The van der Waals surface area contributed by atoms with Gasteiger partial charge >= 0.3 is 0 Å². The number of hydrogen-bond donors (Lipinski definition) is 0. The molecule has 0 bridgehead atoms. The van der Waals surface area contributed by atoms with Crippen molar-refractivity contribution in [3.63, 3.8) is 0 Å². The van der Waals surface area contributed by atoms with E-state index in [4.69, 9.17) is 16.3 Å². The molecule has 0 N–H and O–H groups in total. The number of halogens is 3. The molecule has 4 heteroatoms. The smallest absolute Gasteiger partial charge is 0.124 e. The molecule has 1 nitrogen and oxygen atoms in total. The zero-order chi connectivity index (χ0) is 15.2. The first kappa shape index (κ1) is 14.9. The van der Waals surface area contributed by atoms with Gasteiger partial charge in [-0.25, -0.2) is 4.39 Å². The van der Waals surface area contributed by atoms with Crippen LogP contribution >= 0.6 is 27.5 Å². The van der Waals surface area contributed by atoms with Gasteiger partial charge in [0.15, 0.2) is 0 Å². The van der Waals surface area contributed by atoms with Gasteiger partial charge < -0.3 is 4.74 Å². The maximum atomic E-state index is 13.5. The lowest BCUT2D eigenvalue weighted by Crippen LogP contribution is -2.18. The van der Waals surface area contributed by atoms with Gasteiger partial charge in [0.1, 0.15) is 11.6 Å². The van der Waals surface area contributed by atoms with Crippen LogP contribution in [0.5, 0.6) is 5.75 Å². The SMILES string of the molecule is CC1(C)COc2ccc(C(Cl)c3cc(F)cc(Br)c3)cc21. The first-order valence-corrected chi connectivity index (χ1v) is 7.97. The van der Waals surface area contributed by atoms with Gasteiger partial charge in [0, 0.05) is 15.5 Å². The molecular weight excluding hydrogens is 355 g/mol. The van der Waals surface area contributed by atoms with E-state index in [1.165, 1.54) is 12.1 Å². The molecule has 0 fully saturated rings. The van der Waals surface area contributed by atoms with Crippen LogP contribution in [-0.4, -0.2) is 6.61 Å². The van der Waals surface area contributed by atoms with Gasteiger partial charge in [0.2, 0.25) is 0 Å². The maximum Gasteiger partial charge on any atom is 0.124 e. The van der Waals surface area contributed by atoms with E-state index in [9.17, 15) is 4.39 Å². The lowest BCUT2D eigenvalue weighted by atomic mass is 9.85. The minimum absolute atomic E-state index is 0.0233. The minimum Gasteiger partial charge on any atom is -0.492 e. The van der Waals surface area contributed by atoms with Crippen molar-refractivity contribution in [2.75, 3.05) is 6.61 Å². The fraction of sp³-hybridized carbons (Fsp3) is 0.294. The van der Waals surface area contributed by atoms with E-state index in [2.05, 4.69) is 35.8 Å². The maximum absolute atomic E-state index is 13.5. The van der Waals surface area contributed by atoms with E-state index >= 15 is 0 Å². The molecule has 1 aliphatic heterocycles. The Morgan fingerprint density at radius 2 is 1.95 bits per heavy atom. The molecular formula is C17H15BrClFO. The highest BCUT2D eigenvalue weighted by Gasteiger charge is 2.32. The molecule has 1 atom stereocenters. The van der Waals surface area contributed by atoms with Crippen molar-refractivity contribution < 1.29 is 9.13 Å². The second-order valence-electron chi connectivity index (χ2n) is 5.99. The Bertz CT molecular complexity index is 679. The lowest BCUT2D eigenvalue weighted by molar-refractivity contribution is 0.291. The summed E-state index contributed by atoms with van der Waals surface area (Å²) in [4.78, 5) is 0. The van der Waals surface area contributed by atoms with E-state index in [0.717, 1.165) is 22.4 Å². The third-order valence-electron chi connectivity index (χ3n) is 3.79. The van der Waals surface area contributed by atoms with Gasteiger partial charge in [-0.1, -0.05) is 35.8 Å². The van der Waals surface area contributed by atoms with Crippen LogP contribution in [0.15, 0.2) is 40.9 Å². The molecule has 0 amide bonds. The van der Waals surface area contributed by atoms with Gasteiger partial charge in [0.05, 0.1) is 12.0 Å². The zero-order valence-corrected chi connectivity index (χ0v) is 14.1. The normalized spacial score (nSPS) is 17.2. The highest BCUT2D eigenvalue weighted by Crippen LogP contribution is 2.41. The number of ether oxygens (including phenoxy) is 1. The number of hydrogen-bond acceptors (Lipinski definition) is 1. The Balaban J connectivity index is 2.01. The fourth-order valence-electron chi connectivity index (χ4n) is 2.61. The van der Waals surface area contributed by atoms with Crippen LogP contribution in [0.4, 0.5) is 4.39 Å². The van der Waals surface area contributed by atoms with E-state index in [1.807, 2.05) is 18.2 Å². The highest BCUT2D eigenvalue weighted by molar-refractivity contribution is 9.10. The lowest BCUT2D eigenvalue weighted by Gasteiger charge is -2.17. The molecule has 21 heavy (non-hydrogen) atoms. The molecule has 110 valence electrons. The molecule has 0 aromatic heterocycles. The van der Waals surface area contributed by atoms with Crippen molar-refractivity contribution in [1.82, 2.24) is 0 Å². The first-order chi connectivity index (χ1) is 9.87. The Hall–Kier alpha value is -1.06. The average molecular weight is 370 g/mol. The summed E-state index contributed by atoms with van der Waals surface area (Å²) in [5, 5.41) is -0.390. The molecule has 1 heterocycles. The minimum atomic E-state index is -0.390. The predicted molar refractivity (Wildman–Crippen MR) is 86.8 cm³/mol. The molecule has 3 rings (SSSR count). The van der Waals surface area contributed by atoms with Crippen molar-refractivity contribution in [3.8, 4) is 5.75 Å². The summed E-state index contributed by atoms with van der Waals surface area (Å²) in [6.07, 6.45) is 0. The van der Waals surface area contributed by atoms with Crippen LogP contribution in [0, 0.1) is 5.82 Å². The van der Waals surface area contributed by atoms with Crippen LogP contribution in [0.25, 0.3) is 0 Å². The highest BCUT2D eigenvalue weighted by atomic mass is 79.9. The summed E-state index contributed by atoms with van der Waals surface area (Å²) in [6, 6.07) is 10.7. The Morgan fingerprint density at radius 3 is 2.67 bits per heavy atom. The quantitative estimate of drug-likeness (QED) is 0.627. The molecule has 0 spiro atoms. The molecule has 2 aromatic rings. The molecule has 0 saturated heterocycles. The van der Waals surface area contributed by atoms with Crippen molar-refractivity contribution in [2.45, 2.75) is 24.6 Å². The van der Waals surface area contributed by atoms with Crippen LogP contribution in [0.3, 0.4) is 0 Å². The Kier molecular flexibility index (Phi) is 3.74. The van der Waals surface area contributed by atoms with E-state index < -0.39 is 5.38 Å². The summed E-state index contributed by atoms with van der Waals surface area (Å²) in [5.41, 5.74) is 2.82. The predicted octanol–water partition coefficient (Wildman–Crippen LogP) is 5.59. The van der Waals surface area contributed by atoms with Crippen molar-refractivity contribution in [1.29, 1.82) is 0 Å². The number of fused-ring (bicyclic) bond motifs is 1. The molecule has 1 aliphatic rings. The zero-order valence-electron chi connectivity index (χ0n) is 11.8. The second kappa shape index (κ2) is 5.29. The molecule has 1 unspecified atom stereocenters. The molecule has 2 aromatic carbocycles. The molecule has 0 radical (unpaired) electrons. The third-order valence-corrected chi connectivity index (χ3v) is 4.75. The van der Waals surface area contributed by atoms with Crippen molar-refractivity contribution in [2.24, 2.45) is 0 Å². The van der Waals surface area contributed by atoms with Gasteiger partial charge in [-0.3, -0.25) is 0 Å². The molecule has 0 saturated carbocycles. The fourth-order valence-corrected chi connectivity index (χ4v) is 3.35. The standard InChI is InChI=1S/C17H15BrClFO/c1-17(2)9-21-15-4-3-10(7-14(15)17)16(19)11-5-12(18)8-13(20)6-11/h3-8,16H,9H2,1-2H3. The average Bonchev–Trinajstić information content (AvgIpc) is 2.72. The molecule has 0 aliphatic carbocycles. The van der Waals surface area contributed by atoms with Gasteiger partial charge in [-0.2, -0.15) is 0 Å². The number of benzene rings is 2.